The molecule has 0 atom stereocenters. The number of aromatic nitrogens is 1. The van der Waals surface area contributed by atoms with Crippen molar-refractivity contribution in [3.05, 3.63) is 51.8 Å². The summed E-state index contributed by atoms with van der Waals surface area (Å²) in [6.07, 6.45) is 1.90. The first-order chi connectivity index (χ1) is 8.61. The second-order valence-electron chi connectivity index (χ2n) is 3.91. The summed E-state index contributed by atoms with van der Waals surface area (Å²) in [5.74, 6) is 0. The lowest BCUT2D eigenvalue weighted by atomic mass is 10.2. The van der Waals surface area contributed by atoms with Crippen molar-refractivity contribution >= 4 is 28.9 Å². The molecule has 1 aromatic carbocycles. The summed E-state index contributed by atoms with van der Waals surface area (Å²) < 4.78 is 1.78. The maximum atomic E-state index is 8.87. The van der Waals surface area contributed by atoms with Gasteiger partial charge in [0.25, 0.3) is 0 Å². The van der Waals surface area contributed by atoms with Crippen molar-refractivity contribution < 1.29 is 0 Å². The molecule has 92 valence electrons. The Bertz CT molecular complexity index is 591. The third-order valence-corrected chi connectivity index (χ3v) is 3.24. The molecule has 0 fully saturated rings. The predicted octanol–water partition coefficient (Wildman–Crippen LogP) is 3.82. The van der Waals surface area contributed by atoms with Gasteiger partial charge in [-0.2, -0.15) is 5.26 Å². The van der Waals surface area contributed by atoms with Crippen molar-refractivity contribution in [1.82, 2.24) is 4.57 Å². The van der Waals surface area contributed by atoms with E-state index in [0.29, 0.717) is 28.0 Å². The topological polar surface area (TPSA) is 40.8 Å². The minimum Gasteiger partial charge on any atom is -0.378 e. The lowest BCUT2D eigenvalue weighted by Gasteiger charge is -2.09. The molecule has 1 N–H and O–H groups in total. The lowest BCUT2D eigenvalue weighted by Crippen LogP contribution is -1.99. The second kappa shape index (κ2) is 5.34. The number of anilines is 1. The molecule has 0 unspecified atom stereocenters. The summed E-state index contributed by atoms with van der Waals surface area (Å²) >= 11 is 12.1. The van der Waals surface area contributed by atoms with E-state index in [1.54, 1.807) is 22.8 Å². The van der Waals surface area contributed by atoms with Crippen LogP contribution in [0.1, 0.15) is 11.3 Å². The van der Waals surface area contributed by atoms with Crippen LogP contribution in [0.5, 0.6) is 0 Å². The number of hydrogen-bond donors (Lipinski definition) is 1. The monoisotopic (exact) mass is 279 g/mol. The van der Waals surface area contributed by atoms with Gasteiger partial charge in [-0.1, -0.05) is 29.3 Å². The van der Waals surface area contributed by atoms with Crippen LogP contribution in [0.4, 0.5) is 5.69 Å². The molecule has 0 spiro atoms. The molecule has 0 aliphatic rings. The Morgan fingerprint density at radius 1 is 1.33 bits per heavy atom. The average molecular weight is 280 g/mol. The third kappa shape index (κ3) is 2.61. The molecule has 0 aliphatic carbocycles. The zero-order valence-electron chi connectivity index (χ0n) is 9.74. The zero-order valence-corrected chi connectivity index (χ0v) is 11.3. The number of nitriles is 1. The van der Waals surface area contributed by atoms with Gasteiger partial charge < -0.3 is 9.88 Å². The second-order valence-corrected chi connectivity index (χ2v) is 4.72. The number of rotatable bonds is 3. The summed E-state index contributed by atoms with van der Waals surface area (Å²) in [7, 11) is 1.84. The zero-order chi connectivity index (χ0) is 13.1. The van der Waals surface area contributed by atoms with Crippen LogP contribution in [0.3, 0.4) is 0 Å². The van der Waals surface area contributed by atoms with E-state index in [-0.39, 0.29) is 0 Å². The van der Waals surface area contributed by atoms with E-state index in [2.05, 4.69) is 11.4 Å². The molecule has 1 aromatic heterocycles. The van der Waals surface area contributed by atoms with Crippen molar-refractivity contribution in [2.24, 2.45) is 7.05 Å². The number of nitrogens with zero attached hydrogens (tertiary/aromatic N) is 2. The van der Waals surface area contributed by atoms with Crippen molar-refractivity contribution in [1.29, 1.82) is 5.26 Å². The first kappa shape index (κ1) is 12.8. The van der Waals surface area contributed by atoms with Crippen LogP contribution in [0, 0.1) is 11.3 Å². The van der Waals surface area contributed by atoms with E-state index >= 15 is 0 Å². The van der Waals surface area contributed by atoms with Gasteiger partial charge in [-0.3, -0.25) is 0 Å². The molecule has 0 saturated heterocycles. The molecule has 0 radical (unpaired) electrons. The highest BCUT2D eigenvalue weighted by Gasteiger charge is 2.06. The van der Waals surface area contributed by atoms with Crippen LogP contribution in [-0.2, 0) is 13.6 Å². The molecule has 2 aromatic rings. The standard InChI is InChI=1S/C13H11Cl2N3/c1-18-8-9(5-10(18)6-16)7-17-13-11(14)3-2-4-12(13)15/h2-5,8,17H,7H2,1H3. The predicted molar refractivity (Wildman–Crippen MR) is 73.9 cm³/mol. The first-order valence-electron chi connectivity index (χ1n) is 5.35. The third-order valence-electron chi connectivity index (χ3n) is 2.61. The molecule has 0 amide bonds. The van der Waals surface area contributed by atoms with Gasteiger partial charge in [-0.15, -0.1) is 0 Å². The Morgan fingerprint density at radius 3 is 2.56 bits per heavy atom. The van der Waals surface area contributed by atoms with Gasteiger partial charge in [0, 0.05) is 19.8 Å². The molecule has 0 aliphatic heterocycles. The Labute approximate surface area is 116 Å². The Kier molecular flexibility index (Phi) is 3.81. The van der Waals surface area contributed by atoms with Crippen molar-refractivity contribution in [3.63, 3.8) is 0 Å². The van der Waals surface area contributed by atoms with E-state index in [9.17, 15) is 0 Å². The molecule has 1 heterocycles. The van der Waals surface area contributed by atoms with Gasteiger partial charge in [-0.25, -0.2) is 0 Å². The minimum absolute atomic E-state index is 0.568. The van der Waals surface area contributed by atoms with Crippen LogP contribution in [0.2, 0.25) is 10.0 Å². The van der Waals surface area contributed by atoms with Crippen molar-refractivity contribution in [2.45, 2.75) is 6.54 Å². The van der Waals surface area contributed by atoms with Gasteiger partial charge in [0.1, 0.15) is 11.8 Å². The van der Waals surface area contributed by atoms with Gasteiger partial charge in [0.2, 0.25) is 0 Å². The maximum Gasteiger partial charge on any atom is 0.120 e. The van der Waals surface area contributed by atoms with Crippen LogP contribution in [0.15, 0.2) is 30.5 Å². The average Bonchev–Trinajstić information content (AvgIpc) is 2.69. The summed E-state index contributed by atoms with van der Waals surface area (Å²) in [5.41, 5.74) is 2.34. The lowest BCUT2D eigenvalue weighted by molar-refractivity contribution is 0.902. The van der Waals surface area contributed by atoms with Crippen LogP contribution in [-0.4, -0.2) is 4.57 Å². The highest BCUT2D eigenvalue weighted by molar-refractivity contribution is 6.39. The normalized spacial score (nSPS) is 10.1. The Balaban J connectivity index is 2.14. The van der Waals surface area contributed by atoms with Gasteiger partial charge in [0.15, 0.2) is 0 Å². The van der Waals surface area contributed by atoms with Crippen LogP contribution in [0.25, 0.3) is 0 Å². The van der Waals surface area contributed by atoms with Crippen molar-refractivity contribution in [2.75, 3.05) is 5.32 Å². The maximum absolute atomic E-state index is 8.87. The highest BCUT2D eigenvalue weighted by Crippen LogP contribution is 2.30. The number of para-hydroxylation sites is 1. The molecular weight excluding hydrogens is 269 g/mol. The number of hydrogen-bond acceptors (Lipinski definition) is 2. The highest BCUT2D eigenvalue weighted by atomic mass is 35.5. The molecule has 5 heteroatoms. The van der Waals surface area contributed by atoms with E-state index in [1.165, 1.54) is 0 Å². The van der Waals surface area contributed by atoms with Crippen LogP contribution < -0.4 is 5.32 Å². The van der Waals surface area contributed by atoms with Crippen molar-refractivity contribution in [3.8, 4) is 6.07 Å². The van der Waals surface area contributed by atoms with E-state index in [4.69, 9.17) is 28.5 Å². The summed E-state index contributed by atoms with van der Waals surface area (Å²) in [6.45, 7) is 0.568. The SMILES string of the molecule is Cn1cc(CNc2c(Cl)cccc2Cl)cc1C#N. The fourth-order valence-electron chi connectivity index (χ4n) is 1.70. The summed E-state index contributed by atoms with van der Waals surface area (Å²) in [6, 6.07) is 9.31. The minimum atomic E-state index is 0.568. The molecule has 0 saturated carbocycles. The molecule has 0 bridgehead atoms. The first-order valence-corrected chi connectivity index (χ1v) is 6.10. The fourth-order valence-corrected chi connectivity index (χ4v) is 2.23. The molecule has 18 heavy (non-hydrogen) atoms. The number of benzene rings is 1. The number of halogens is 2. The molecular formula is C13H11Cl2N3. The summed E-state index contributed by atoms with van der Waals surface area (Å²) in [5, 5.41) is 13.2. The molecule has 3 nitrogen and oxygen atoms in total. The number of nitrogens with one attached hydrogen (secondary N) is 1. The number of aryl methyl sites for hydroxylation is 1. The smallest absolute Gasteiger partial charge is 0.120 e. The largest absolute Gasteiger partial charge is 0.378 e. The van der Waals surface area contributed by atoms with Gasteiger partial charge >= 0.3 is 0 Å². The van der Waals surface area contributed by atoms with Crippen LogP contribution >= 0.6 is 23.2 Å². The van der Waals surface area contributed by atoms with E-state index in [0.717, 1.165) is 5.56 Å². The Hall–Kier alpha value is -1.63. The van der Waals surface area contributed by atoms with Gasteiger partial charge in [0.05, 0.1) is 15.7 Å². The quantitative estimate of drug-likeness (QED) is 0.928. The summed E-state index contributed by atoms with van der Waals surface area (Å²) in [4.78, 5) is 0. The Morgan fingerprint density at radius 2 is 2.00 bits per heavy atom. The van der Waals surface area contributed by atoms with E-state index < -0.39 is 0 Å². The fraction of sp³-hybridized carbons (Fsp3) is 0.154. The van der Waals surface area contributed by atoms with E-state index in [1.807, 2.05) is 19.3 Å². The molecule has 2 rings (SSSR count). The van der Waals surface area contributed by atoms with Gasteiger partial charge in [-0.05, 0) is 23.8 Å².